The van der Waals surface area contributed by atoms with E-state index in [0.29, 0.717) is 0 Å². The molecule has 1 aliphatic heterocycles. The van der Waals surface area contributed by atoms with Gasteiger partial charge in [-0.05, 0) is 43.5 Å². The molecule has 0 spiro atoms. The molecule has 0 radical (unpaired) electrons. The van der Waals surface area contributed by atoms with Crippen LogP contribution in [-0.2, 0) is 4.79 Å². The number of nitrogens with zero attached hydrogens (tertiary/aromatic N) is 1. The van der Waals surface area contributed by atoms with Crippen molar-refractivity contribution in [1.82, 2.24) is 0 Å². The summed E-state index contributed by atoms with van der Waals surface area (Å²) in [6.07, 6.45) is 1.78. The number of anilines is 2. The molecule has 3 rings (SSSR count). The van der Waals surface area contributed by atoms with Gasteiger partial charge in [-0.1, -0.05) is 50.2 Å². The first-order valence-corrected chi connectivity index (χ1v) is 8.85. The Hall–Kier alpha value is -2.29. The Morgan fingerprint density at radius 2 is 1.83 bits per heavy atom. The zero-order valence-corrected chi connectivity index (χ0v) is 14.7. The van der Waals surface area contributed by atoms with Crippen LogP contribution in [0, 0.1) is 5.92 Å². The monoisotopic (exact) mass is 322 g/mol. The van der Waals surface area contributed by atoms with E-state index >= 15 is 0 Å². The molecule has 0 saturated heterocycles. The SMILES string of the molecule is CC[C@@H](C)C(=O)N1c2ccccc2[C@H](Nc2ccccc2)C[C@@H]1C. The van der Waals surface area contributed by atoms with Crippen LogP contribution in [0.4, 0.5) is 11.4 Å². The molecular weight excluding hydrogens is 296 g/mol. The third kappa shape index (κ3) is 3.16. The number of fused-ring (bicyclic) bond motifs is 1. The van der Waals surface area contributed by atoms with Gasteiger partial charge in [-0.2, -0.15) is 0 Å². The van der Waals surface area contributed by atoms with Crippen LogP contribution in [-0.4, -0.2) is 11.9 Å². The zero-order valence-electron chi connectivity index (χ0n) is 14.7. The lowest BCUT2D eigenvalue weighted by Gasteiger charge is -2.41. The molecule has 2 aromatic carbocycles. The number of carbonyl (C=O) groups excluding carboxylic acids is 1. The average Bonchev–Trinajstić information content (AvgIpc) is 2.61. The summed E-state index contributed by atoms with van der Waals surface area (Å²) in [5.41, 5.74) is 3.37. The molecule has 2 aromatic rings. The number of benzene rings is 2. The van der Waals surface area contributed by atoms with Crippen molar-refractivity contribution in [2.45, 2.75) is 45.7 Å². The van der Waals surface area contributed by atoms with Crippen molar-refractivity contribution < 1.29 is 4.79 Å². The van der Waals surface area contributed by atoms with Gasteiger partial charge in [-0.25, -0.2) is 0 Å². The Labute approximate surface area is 144 Å². The van der Waals surface area contributed by atoms with Gasteiger partial charge in [0.05, 0.1) is 6.04 Å². The maximum atomic E-state index is 12.9. The third-order valence-electron chi connectivity index (χ3n) is 4.98. The summed E-state index contributed by atoms with van der Waals surface area (Å²) in [4.78, 5) is 14.9. The summed E-state index contributed by atoms with van der Waals surface area (Å²) >= 11 is 0. The molecule has 0 aliphatic carbocycles. The van der Waals surface area contributed by atoms with Gasteiger partial charge in [0, 0.05) is 23.3 Å². The predicted octanol–water partition coefficient (Wildman–Crippen LogP) is 5.01. The second kappa shape index (κ2) is 7.08. The number of hydrogen-bond acceptors (Lipinski definition) is 2. The highest BCUT2D eigenvalue weighted by Crippen LogP contribution is 2.39. The maximum absolute atomic E-state index is 12.9. The van der Waals surface area contributed by atoms with Crippen molar-refractivity contribution in [3.8, 4) is 0 Å². The number of amides is 1. The fraction of sp³-hybridized carbons (Fsp3) is 0.381. The lowest BCUT2D eigenvalue weighted by Crippen LogP contribution is -2.46. The summed E-state index contributed by atoms with van der Waals surface area (Å²) < 4.78 is 0. The normalized spacial score (nSPS) is 21.0. The second-order valence-corrected chi connectivity index (χ2v) is 6.72. The number of rotatable bonds is 4. The van der Waals surface area contributed by atoms with Gasteiger partial charge in [0.15, 0.2) is 0 Å². The Bertz CT molecular complexity index is 698. The smallest absolute Gasteiger partial charge is 0.230 e. The maximum Gasteiger partial charge on any atom is 0.230 e. The van der Waals surface area contributed by atoms with Crippen molar-refractivity contribution in [3.05, 3.63) is 60.2 Å². The molecule has 1 N–H and O–H groups in total. The van der Waals surface area contributed by atoms with Gasteiger partial charge >= 0.3 is 0 Å². The van der Waals surface area contributed by atoms with E-state index in [0.717, 1.165) is 24.2 Å². The highest BCUT2D eigenvalue weighted by molar-refractivity contribution is 5.96. The van der Waals surface area contributed by atoms with Crippen LogP contribution >= 0.6 is 0 Å². The molecule has 3 nitrogen and oxygen atoms in total. The zero-order chi connectivity index (χ0) is 17.1. The quantitative estimate of drug-likeness (QED) is 0.858. The molecular formula is C21H26N2O. The van der Waals surface area contributed by atoms with E-state index in [2.05, 4.69) is 49.5 Å². The molecule has 126 valence electrons. The molecule has 1 heterocycles. The summed E-state index contributed by atoms with van der Waals surface area (Å²) in [5, 5.41) is 3.63. The largest absolute Gasteiger partial charge is 0.378 e. The van der Waals surface area contributed by atoms with Crippen LogP contribution in [0.1, 0.15) is 45.2 Å². The molecule has 0 fully saturated rings. The molecule has 0 aromatic heterocycles. The average molecular weight is 322 g/mol. The lowest BCUT2D eigenvalue weighted by molar-refractivity contribution is -0.122. The number of carbonyl (C=O) groups is 1. The first-order chi connectivity index (χ1) is 11.6. The molecule has 3 heteroatoms. The van der Waals surface area contributed by atoms with Crippen LogP contribution < -0.4 is 10.2 Å². The van der Waals surface area contributed by atoms with Crippen LogP contribution in [0.25, 0.3) is 0 Å². The molecule has 3 atom stereocenters. The van der Waals surface area contributed by atoms with Crippen molar-refractivity contribution in [2.75, 3.05) is 10.2 Å². The lowest BCUT2D eigenvalue weighted by atomic mass is 9.90. The van der Waals surface area contributed by atoms with Crippen LogP contribution in [0.5, 0.6) is 0 Å². The van der Waals surface area contributed by atoms with E-state index in [-0.39, 0.29) is 23.9 Å². The first kappa shape index (κ1) is 16.6. The summed E-state index contributed by atoms with van der Waals surface area (Å²) in [7, 11) is 0. The van der Waals surface area contributed by atoms with E-state index in [1.807, 2.05) is 36.1 Å². The third-order valence-corrected chi connectivity index (χ3v) is 4.98. The fourth-order valence-corrected chi connectivity index (χ4v) is 3.43. The van der Waals surface area contributed by atoms with E-state index < -0.39 is 0 Å². The molecule has 1 amide bonds. The van der Waals surface area contributed by atoms with Gasteiger partial charge in [-0.3, -0.25) is 4.79 Å². The van der Waals surface area contributed by atoms with Crippen LogP contribution in [0.2, 0.25) is 0 Å². The van der Waals surface area contributed by atoms with Gasteiger partial charge in [-0.15, -0.1) is 0 Å². The summed E-state index contributed by atoms with van der Waals surface area (Å²) in [5.74, 6) is 0.287. The van der Waals surface area contributed by atoms with Gasteiger partial charge < -0.3 is 10.2 Å². The van der Waals surface area contributed by atoms with E-state index in [9.17, 15) is 4.79 Å². The van der Waals surface area contributed by atoms with Crippen molar-refractivity contribution in [3.63, 3.8) is 0 Å². The van der Waals surface area contributed by atoms with E-state index in [1.54, 1.807) is 0 Å². The van der Waals surface area contributed by atoms with Crippen molar-refractivity contribution in [2.24, 2.45) is 5.92 Å². The number of para-hydroxylation sites is 2. The second-order valence-electron chi connectivity index (χ2n) is 6.72. The Balaban J connectivity index is 1.94. The summed E-state index contributed by atoms with van der Waals surface area (Å²) in [6.45, 7) is 6.24. The van der Waals surface area contributed by atoms with Gasteiger partial charge in [0.1, 0.15) is 0 Å². The minimum atomic E-state index is 0.0548. The Morgan fingerprint density at radius 3 is 2.54 bits per heavy atom. The Morgan fingerprint density at radius 1 is 1.17 bits per heavy atom. The van der Waals surface area contributed by atoms with Crippen molar-refractivity contribution >= 4 is 17.3 Å². The topological polar surface area (TPSA) is 32.3 Å². The number of hydrogen-bond donors (Lipinski definition) is 1. The predicted molar refractivity (Wildman–Crippen MR) is 100 cm³/mol. The first-order valence-electron chi connectivity index (χ1n) is 8.85. The van der Waals surface area contributed by atoms with Gasteiger partial charge in [0.25, 0.3) is 0 Å². The highest BCUT2D eigenvalue weighted by Gasteiger charge is 2.34. The molecule has 24 heavy (non-hydrogen) atoms. The minimum absolute atomic E-state index is 0.0548. The number of nitrogens with one attached hydrogen (secondary N) is 1. The summed E-state index contributed by atoms with van der Waals surface area (Å²) in [6, 6.07) is 19.0. The van der Waals surface area contributed by atoms with Gasteiger partial charge in [0.2, 0.25) is 5.91 Å². The fourth-order valence-electron chi connectivity index (χ4n) is 3.43. The highest BCUT2D eigenvalue weighted by atomic mass is 16.2. The molecule has 0 saturated carbocycles. The molecule has 0 unspecified atom stereocenters. The van der Waals surface area contributed by atoms with E-state index in [1.165, 1.54) is 5.56 Å². The molecule has 0 bridgehead atoms. The Kier molecular flexibility index (Phi) is 4.89. The van der Waals surface area contributed by atoms with Crippen LogP contribution in [0.3, 0.4) is 0 Å². The minimum Gasteiger partial charge on any atom is -0.378 e. The van der Waals surface area contributed by atoms with E-state index in [4.69, 9.17) is 0 Å². The molecule has 1 aliphatic rings. The standard InChI is InChI=1S/C21H26N2O/c1-4-15(2)21(24)23-16(3)14-19(18-12-8-9-13-20(18)23)22-17-10-6-5-7-11-17/h5-13,15-16,19,22H,4,14H2,1-3H3/t15-,16+,19-/m1/s1. The van der Waals surface area contributed by atoms with Crippen LogP contribution in [0.15, 0.2) is 54.6 Å². The van der Waals surface area contributed by atoms with Crippen molar-refractivity contribution in [1.29, 1.82) is 0 Å².